The Kier molecular flexibility index (Phi) is 3.74. The topological polar surface area (TPSA) is 91.2 Å². The summed E-state index contributed by atoms with van der Waals surface area (Å²) >= 11 is 0. The van der Waals surface area contributed by atoms with Gasteiger partial charge < -0.3 is 9.88 Å². The van der Waals surface area contributed by atoms with Gasteiger partial charge in [-0.15, -0.1) is 0 Å². The molecule has 0 spiro atoms. The third-order valence-electron chi connectivity index (χ3n) is 4.71. The van der Waals surface area contributed by atoms with Gasteiger partial charge >= 0.3 is 0 Å². The first kappa shape index (κ1) is 15.4. The van der Waals surface area contributed by atoms with Crippen LogP contribution in [0.15, 0.2) is 54.7 Å². The fraction of sp³-hybridized carbons (Fsp3) is 0.158. The average molecular weight is 334 g/mol. The lowest BCUT2D eigenvalue weighted by Crippen LogP contribution is -2.36. The van der Waals surface area contributed by atoms with E-state index in [4.69, 9.17) is 5.84 Å². The molecule has 4 N–H and O–H groups in total. The molecule has 2 amide bonds. The highest BCUT2D eigenvalue weighted by Gasteiger charge is 2.38. The second-order valence-electron chi connectivity index (χ2n) is 6.10. The summed E-state index contributed by atoms with van der Waals surface area (Å²) in [5.41, 5.74) is 5.82. The lowest BCUT2D eigenvalue weighted by Gasteiger charge is -2.25. The summed E-state index contributed by atoms with van der Waals surface area (Å²) in [6.07, 6.45) is 2.11. The molecule has 0 saturated heterocycles. The molecule has 0 fully saturated rings. The number of nitrogens with one attached hydrogen (secondary N) is 2. The first-order valence-electron chi connectivity index (χ1n) is 8.16. The maximum atomic E-state index is 12.9. The molecule has 4 rings (SSSR count). The van der Waals surface area contributed by atoms with Gasteiger partial charge in [0, 0.05) is 41.2 Å². The summed E-state index contributed by atoms with van der Waals surface area (Å²) in [4.78, 5) is 29.5. The van der Waals surface area contributed by atoms with Crippen molar-refractivity contribution in [2.75, 3.05) is 6.54 Å². The van der Waals surface area contributed by atoms with Gasteiger partial charge in [0.25, 0.3) is 5.91 Å². The van der Waals surface area contributed by atoms with E-state index in [2.05, 4.69) is 10.4 Å². The second-order valence-corrected chi connectivity index (χ2v) is 6.10. The maximum Gasteiger partial charge on any atom is 0.255 e. The SMILES string of the molecule is NNC(=O)CCN1C(=O)c2ccccc2C1c1c[nH]c2ccccc12. The number of amides is 2. The van der Waals surface area contributed by atoms with Crippen LogP contribution in [0.25, 0.3) is 10.9 Å². The van der Waals surface area contributed by atoms with E-state index in [1.165, 1.54) is 0 Å². The summed E-state index contributed by atoms with van der Waals surface area (Å²) in [7, 11) is 0. The van der Waals surface area contributed by atoms with Crippen LogP contribution in [0.1, 0.15) is 33.9 Å². The fourth-order valence-electron chi connectivity index (χ4n) is 3.55. The number of nitrogens with two attached hydrogens (primary N) is 1. The second kappa shape index (κ2) is 6.07. The van der Waals surface area contributed by atoms with E-state index in [-0.39, 0.29) is 24.3 Å². The summed E-state index contributed by atoms with van der Waals surface area (Å²) in [5.74, 6) is 4.82. The number of carbonyl (C=O) groups excluding carboxylic acids is 2. The van der Waals surface area contributed by atoms with Crippen LogP contribution in [0, 0.1) is 0 Å². The molecule has 25 heavy (non-hydrogen) atoms. The van der Waals surface area contributed by atoms with Crippen LogP contribution in [0.2, 0.25) is 0 Å². The largest absolute Gasteiger partial charge is 0.361 e. The molecule has 2 aromatic carbocycles. The molecule has 1 aliphatic rings. The monoisotopic (exact) mass is 334 g/mol. The summed E-state index contributed by atoms with van der Waals surface area (Å²) in [5, 5.41) is 1.07. The normalized spacial score (nSPS) is 16.3. The molecule has 6 nitrogen and oxygen atoms in total. The Morgan fingerprint density at radius 3 is 2.72 bits per heavy atom. The number of rotatable bonds is 4. The lowest BCUT2D eigenvalue weighted by molar-refractivity contribution is -0.121. The van der Waals surface area contributed by atoms with Gasteiger partial charge in [-0.25, -0.2) is 5.84 Å². The predicted molar refractivity (Wildman–Crippen MR) is 94.6 cm³/mol. The van der Waals surface area contributed by atoms with Gasteiger partial charge in [0.1, 0.15) is 0 Å². The van der Waals surface area contributed by atoms with Crippen molar-refractivity contribution < 1.29 is 9.59 Å². The summed E-state index contributed by atoms with van der Waals surface area (Å²) in [6, 6.07) is 15.4. The number of hydrogen-bond donors (Lipinski definition) is 3. The van der Waals surface area contributed by atoms with Crippen molar-refractivity contribution in [2.24, 2.45) is 5.84 Å². The van der Waals surface area contributed by atoms with Crippen LogP contribution in [0.3, 0.4) is 0 Å². The van der Waals surface area contributed by atoms with Crippen molar-refractivity contribution in [1.29, 1.82) is 0 Å². The van der Waals surface area contributed by atoms with Crippen molar-refractivity contribution in [3.05, 3.63) is 71.4 Å². The van der Waals surface area contributed by atoms with Crippen molar-refractivity contribution in [2.45, 2.75) is 12.5 Å². The number of aromatic amines is 1. The standard InChI is InChI=1S/C19H18N4O2/c20-22-17(24)9-10-23-18(13-6-1-2-7-14(13)19(23)25)15-11-21-16-8-4-3-5-12(15)16/h1-8,11,18,21H,9-10,20H2,(H,22,24). The number of H-pyrrole nitrogens is 1. The highest BCUT2D eigenvalue weighted by atomic mass is 16.2. The highest BCUT2D eigenvalue weighted by Crippen LogP contribution is 2.40. The van der Waals surface area contributed by atoms with Gasteiger partial charge in [-0.05, 0) is 17.7 Å². The Balaban J connectivity index is 1.81. The van der Waals surface area contributed by atoms with Crippen LogP contribution in [0.4, 0.5) is 0 Å². The minimum absolute atomic E-state index is 0.0595. The van der Waals surface area contributed by atoms with Crippen LogP contribution in [-0.4, -0.2) is 28.2 Å². The number of nitrogens with zero attached hydrogens (tertiary/aromatic N) is 1. The summed E-state index contributed by atoms with van der Waals surface area (Å²) in [6.45, 7) is 0.306. The van der Waals surface area contributed by atoms with E-state index in [9.17, 15) is 9.59 Å². The molecule has 3 aromatic rings. The molecule has 1 aromatic heterocycles. The molecule has 0 bridgehead atoms. The Morgan fingerprint density at radius 1 is 1.12 bits per heavy atom. The molecule has 0 aliphatic carbocycles. The van der Waals surface area contributed by atoms with E-state index in [0.29, 0.717) is 12.1 Å². The third kappa shape index (κ3) is 2.47. The minimum atomic E-state index is -0.290. The number of carbonyl (C=O) groups is 2. The molecule has 0 saturated carbocycles. The maximum absolute atomic E-state index is 12.9. The number of fused-ring (bicyclic) bond motifs is 2. The van der Waals surface area contributed by atoms with Gasteiger partial charge in [0.15, 0.2) is 0 Å². The molecular formula is C19H18N4O2. The van der Waals surface area contributed by atoms with Crippen LogP contribution < -0.4 is 11.3 Å². The van der Waals surface area contributed by atoms with Gasteiger partial charge in [0.05, 0.1) is 6.04 Å². The molecular weight excluding hydrogens is 316 g/mol. The third-order valence-corrected chi connectivity index (χ3v) is 4.71. The van der Waals surface area contributed by atoms with E-state index >= 15 is 0 Å². The lowest BCUT2D eigenvalue weighted by atomic mass is 9.97. The van der Waals surface area contributed by atoms with E-state index in [0.717, 1.165) is 22.0 Å². The highest BCUT2D eigenvalue weighted by molar-refractivity contribution is 6.01. The zero-order valence-electron chi connectivity index (χ0n) is 13.5. The summed E-state index contributed by atoms with van der Waals surface area (Å²) < 4.78 is 0. The van der Waals surface area contributed by atoms with Gasteiger partial charge in [-0.2, -0.15) is 0 Å². The van der Waals surface area contributed by atoms with E-state index < -0.39 is 0 Å². The first-order chi connectivity index (χ1) is 12.2. The van der Waals surface area contributed by atoms with Crippen molar-refractivity contribution in [1.82, 2.24) is 15.3 Å². The first-order valence-corrected chi connectivity index (χ1v) is 8.16. The van der Waals surface area contributed by atoms with E-state index in [1.807, 2.05) is 54.7 Å². The molecule has 1 aliphatic heterocycles. The zero-order valence-corrected chi connectivity index (χ0v) is 13.5. The van der Waals surface area contributed by atoms with Gasteiger partial charge in [-0.3, -0.25) is 15.0 Å². The smallest absolute Gasteiger partial charge is 0.255 e. The van der Waals surface area contributed by atoms with Gasteiger partial charge in [0.2, 0.25) is 5.91 Å². The average Bonchev–Trinajstić information content (AvgIpc) is 3.19. The van der Waals surface area contributed by atoms with Crippen LogP contribution >= 0.6 is 0 Å². The molecule has 1 unspecified atom stereocenters. The molecule has 126 valence electrons. The Labute approximate surface area is 144 Å². The quantitative estimate of drug-likeness (QED) is 0.388. The minimum Gasteiger partial charge on any atom is -0.361 e. The zero-order chi connectivity index (χ0) is 17.4. The van der Waals surface area contributed by atoms with Crippen molar-refractivity contribution in [3.8, 4) is 0 Å². The Bertz CT molecular complexity index is 963. The molecule has 6 heteroatoms. The van der Waals surface area contributed by atoms with Gasteiger partial charge in [-0.1, -0.05) is 36.4 Å². The predicted octanol–water partition coefficient (Wildman–Crippen LogP) is 2.09. The number of benzene rings is 2. The van der Waals surface area contributed by atoms with Crippen molar-refractivity contribution >= 4 is 22.7 Å². The number of para-hydroxylation sites is 1. The number of aromatic nitrogens is 1. The molecule has 2 heterocycles. The molecule has 0 radical (unpaired) electrons. The van der Waals surface area contributed by atoms with Crippen LogP contribution in [-0.2, 0) is 4.79 Å². The number of hydrogen-bond acceptors (Lipinski definition) is 3. The molecule has 1 atom stereocenters. The number of hydrazine groups is 1. The Hall–Kier alpha value is -3.12. The van der Waals surface area contributed by atoms with E-state index in [1.54, 1.807) is 4.90 Å². The van der Waals surface area contributed by atoms with Crippen molar-refractivity contribution in [3.63, 3.8) is 0 Å². The fourth-order valence-corrected chi connectivity index (χ4v) is 3.55. The van der Waals surface area contributed by atoms with Crippen LogP contribution in [0.5, 0.6) is 0 Å². The Morgan fingerprint density at radius 2 is 1.88 bits per heavy atom.